The zero-order valence-electron chi connectivity index (χ0n) is 20.1. The normalized spacial score (nSPS) is 16.1. The molecular weight excluding hydrogens is 460 g/mol. The molecule has 2 aromatic rings. The molecule has 0 radical (unpaired) electrons. The van der Waals surface area contributed by atoms with Crippen LogP contribution in [-0.2, 0) is 9.53 Å². The van der Waals surface area contributed by atoms with Gasteiger partial charge in [0.15, 0.2) is 0 Å². The van der Waals surface area contributed by atoms with Crippen LogP contribution in [0.5, 0.6) is 0 Å². The van der Waals surface area contributed by atoms with Gasteiger partial charge in [0.25, 0.3) is 11.8 Å². The van der Waals surface area contributed by atoms with E-state index in [1.54, 1.807) is 32.9 Å². The molecule has 0 saturated carbocycles. The summed E-state index contributed by atoms with van der Waals surface area (Å²) in [6, 6.07) is 6.22. The summed E-state index contributed by atoms with van der Waals surface area (Å²) in [7, 11) is 0. The molecule has 0 unspecified atom stereocenters. The number of nitrogens with zero attached hydrogens (tertiary/aromatic N) is 3. The fourth-order valence-electron chi connectivity index (χ4n) is 3.68. The maximum atomic E-state index is 13.6. The molecule has 1 saturated heterocycles. The number of alkyl carbamates (subject to hydrolysis) is 1. The van der Waals surface area contributed by atoms with Crippen LogP contribution in [0.25, 0.3) is 11.0 Å². The minimum atomic E-state index is -2.93. The Hall–Kier alpha value is -3.37. The number of halogens is 2. The molecule has 1 aromatic carbocycles. The molecule has 3 rings (SSSR count). The van der Waals surface area contributed by atoms with Gasteiger partial charge in [-0.25, -0.2) is 18.6 Å². The SMILES string of the molecule is CC(C)(C)OC(=O)N[C@@H](CCCCNC(=O)c1cnc2ccccc2n1)C(=O)N1CCC(F)(F)C1. The van der Waals surface area contributed by atoms with Crippen molar-refractivity contribution in [1.82, 2.24) is 25.5 Å². The van der Waals surface area contributed by atoms with Gasteiger partial charge in [-0.2, -0.15) is 0 Å². The van der Waals surface area contributed by atoms with Crippen molar-refractivity contribution < 1.29 is 27.9 Å². The molecule has 0 bridgehead atoms. The lowest BCUT2D eigenvalue weighted by molar-refractivity contribution is -0.134. The molecule has 9 nitrogen and oxygen atoms in total. The maximum absolute atomic E-state index is 13.6. The second-order valence-corrected chi connectivity index (χ2v) is 9.56. The number of amides is 3. The van der Waals surface area contributed by atoms with Crippen molar-refractivity contribution in [2.45, 2.75) is 64.0 Å². The van der Waals surface area contributed by atoms with Gasteiger partial charge in [0.2, 0.25) is 5.91 Å². The standard InChI is InChI=1S/C24H31F2N5O4/c1-23(2,3)35-22(34)30-18(21(33)31-13-11-24(25,26)15-31)10-6-7-12-27-20(32)19-14-28-16-8-4-5-9-17(16)29-19/h4-5,8-9,14,18H,6-7,10-13,15H2,1-3H3,(H,27,32)(H,30,34)/t18-/m0/s1. The average Bonchev–Trinajstić information content (AvgIpc) is 3.15. The Morgan fingerprint density at radius 2 is 1.89 bits per heavy atom. The van der Waals surface area contributed by atoms with E-state index in [1.807, 2.05) is 12.1 Å². The summed E-state index contributed by atoms with van der Waals surface area (Å²) in [5, 5.41) is 5.27. The second kappa shape index (κ2) is 10.9. The van der Waals surface area contributed by atoms with E-state index < -0.39 is 42.5 Å². The van der Waals surface area contributed by atoms with Crippen LogP contribution in [0.1, 0.15) is 56.9 Å². The minimum Gasteiger partial charge on any atom is -0.444 e. The predicted octanol–water partition coefficient (Wildman–Crippen LogP) is 3.29. The van der Waals surface area contributed by atoms with Crippen molar-refractivity contribution in [3.05, 3.63) is 36.2 Å². The molecule has 2 heterocycles. The Bertz CT molecular complexity index is 1070. The van der Waals surface area contributed by atoms with E-state index in [1.165, 1.54) is 6.20 Å². The highest BCUT2D eigenvalue weighted by molar-refractivity contribution is 5.93. The Morgan fingerprint density at radius 3 is 2.54 bits per heavy atom. The first-order chi connectivity index (χ1) is 16.4. The van der Waals surface area contributed by atoms with Gasteiger partial charge in [-0.15, -0.1) is 0 Å². The number of hydrogen-bond acceptors (Lipinski definition) is 6. The van der Waals surface area contributed by atoms with Gasteiger partial charge in [-0.3, -0.25) is 14.6 Å². The van der Waals surface area contributed by atoms with E-state index in [9.17, 15) is 23.2 Å². The van der Waals surface area contributed by atoms with Crippen LogP contribution in [-0.4, -0.2) is 70.0 Å². The van der Waals surface area contributed by atoms with E-state index in [4.69, 9.17) is 4.74 Å². The molecular formula is C24H31F2N5O4. The molecule has 1 fully saturated rings. The largest absolute Gasteiger partial charge is 0.444 e. The van der Waals surface area contributed by atoms with Crippen LogP contribution in [0.3, 0.4) is 0 Å². The van der Waals surface area contributed by atoms with Crippen LogP contribution in [0.2, 0.25) is 0 Å². The van der Waals surface area contributed by atoms with E-state index in [0.717, 1.165) is 4.90 Å². The van der Waals surface area contributed by atoms with Gasteiger partial charge >= 0.3 is 6.09 Å². The fourth-order valence-corrected chi connectivity index (χ4v) is 3.68. The highest BCUT2D eigenvalue weighted by atomic mass is 19.3. The van der Waals surface area contributed by atoms with Crippen LogP contribution < -0.4 is 10.6 Å². The molecule has 3 amide bonds. The van der Waals surface area contributed by atoms with E-state index in [0.29, 0.717) is 30.4 Å². The van der Waals surface area contributed by atoms with Crippen molar-refractivity contribution in [1.29, 1.82) is 0 Å². The van der Waals surface area contributed by atoms with Crippen molar-refractivity contribution in [3.63, 3.8) is 0 Å². The number of para-hydroxylation sites is 2. The second-order valence-electron chi connectivity index (χ2n) is 9.56. The van der Waals surface area contributed by atoms with Gasteiger partial charge in [0, 0.05) is 19.5 Å². The quantitative estimate of drug-likeness (QED) is 0.548. The summed E-state index contributed by atoms with van der Waals surface area (Å²) in [5.74, 6) is -3.87. The number of unbranched alkanes of at least 4 members (excludes halogenated alkanes) is 1. The lowest BCUT2D eigenvalue weighted by Gasteiger charge is -2.26. The summed E-state index contributed by atoms with van der Waals surface area (Å²) in [6.07, 6.45) is 1.39. The number of carbonyl (C=O) groups excluding carboxylic acids is 3. The zero-order chi connectivity index (χ0) is 25.6. The topological polar surface area (TPSA) is 114 Å². The third-order valence-electron chi connectivity index (χ3n) is 5.36. The Labute approximate surface area is 202 Å². The first-order valence-electron chi connectivity index (χ1n) is 11.6. The number of aromatic nitrogens is 2. The Morgan fingerprint density at radius 1 is 1.17 bits per heavy atom. The summed E-state index contributed by atoms with van der Waals surface area (Å²) in [6.45, 7) is 4.64. The molecule has 1 atom stereocenters. The highest BCUT2D eigenvalue weighted by Crippen LogP contribution is 2.27. The van der Waals surface area contributed by atoms with Crippen LogP contribution in [0, 0.1) is 0 Å². The molecule has 1 aliphatic heterocycles. The van der Waals surface area contributed by atoms with Crippen molar-refractivity contribution in [3.8, 4) is 0 Å². The smallest absolute Gasteiger partial charge is 0.408 e. The molecule has 1 aliphatic rings. The number of nitrogens with one attached hydrogen (secondary N) is 2. The third kappa shape index (κ3) is 7.83. The number of fused-ring (bicyclic) bond motifs is 1. The molecule has 35 heavy (non-hydrogen) atoms. The number of likely N-dealkylation sites (tertiary alicyclic amines) is 1. The number of ether oxygens (including phenoxy) is 1. The summed E-state index contributed by atoms with van der Waals surface area (Å²) in [5.41, 5.74) is 0.724. The molecule has 190 valence electrons. The number of benzene rings is 1. The number of alkyl halides is 2. The molecule has 0 aliphatic carbocycles. The summed E-state index contributed by atoms with van der Waals surface area (Å²) in [4.78, 5) is 47.0. The van der Waals surface area contributed by atoms with Crippen LogP contribution >= 0.6 is 0 Å². The zero-order valence-corrected chi connectivity index (χ0v) is 20.1. The van der Waals surface area contributed by atoms with Crippen molar-refractivity contribution in [2.24, 2.45) is 0 Å². The van der Waals surface area contributed by atoms with Crippen molar-refractivity contribution in [2.75, 3.05) is 19.6 Å². The summed E-state index contributed by atoms with van der Waals surface area (Å²) < 4.78 is 32.4. The Balaban J connectivity index is 1.51. The van der Waals surface area contributed by atoms with Gasteiger partial charge < -0.3 is 20.3 Å². The predicted molar refractivity (Wildman–Crippen MR) is 125 cm³/mol. The first kappa shape index (κ1) is 26.2. The monoisotopic (exact) mass is 491 g/mol. The third-order valence-corrected chi connectivity index (χ3v) is 5.36. The van der Waals surface area contributed by atoms with Crippen LogP contribution in [0.4, 0.5) is 13.6 Å². The average molecular weight is 492 g/mol. The number of rotatable bonds is 8. The van der Waals surface area contributed by atoms with E-state index >= 15 is 0 Å². The minimum absolute atomic E-state index is 0.0683. The molecule has 0 spiro atoms. The fraction of sp³-hybridized carbons (Fsp3) is 0.542. The Kier molecular flexibility index (Phi) is 8.18. The number of carbonyl (C=O) groups is 3. The van der Waals surface area contributed by atoms with E-state index in [-0.39, 0.29) is 24.6 Å². The van der Waals surface area contributed by atoms with Gasteiger partial charge in [-0.05, 0) is 52.2 Å². The molecule has 1 aromatic heterocycles. The van der Waals surface area contributed by atoms with Gasteiger partial charge in [0.1, 0.15) is 17.3 Å². The van der Waals surface area contributed by atoms with Crippen molar-refractivity contribution >= 4 is 28.9 Å². The lowest BCUT2D eigenvalue weighted by atomic mass is 10.1. The van der Waals surface area contributed by atoms with Gasteiger partial charge in [0.05, 0.1) is 23.8 Å². The maximum Gasteiger partial charge on any atom is 0.408 e. The molecule has 2 N–H and O–H groups in total. The number of hydrogen-bond donors (Lipinski definition) is 2. The lowest BCUT2D eigenvalue weighted by Crippen LogP contribution is -2.49. The van der Waals surface area contributed by atoms with Gasteiger partial charge in [-0.1, -0.05) is 12.1 Å². The molecule has 11 heteroatoms. The highest BCUT2D eigenvalue weighted by Gasteiger charge is 2.42. The van der Waals surface area contributed by atoms with Crippen LogP contribution in [0.15, 0.2) is 30.5 Å². The first-order valence-corrected chi connectivity index (χ1v) is 11.6. The summed E-state index contributed by atoms with van der Waals surface area (Å²) >= 11 is 0. The van der Waals surface area contributed by atoms with E-state index in [2.05, 4.69) is 20.6 Å².